The fraction of sp³-hybridized carbons (Fsp3) is 0.0455. The Hall–Kier alpha value is -5.16. The molecule has 0 atom stereocenters. The number of hydrogen-bond acceptors (Lipinski definition) is 4. The van der Waals surface area contributed by atoms with Gasteiger partial charge in [0.2, 0.25) is 0 Å². The van der Waals surface area contributed by atoms with E-state index < -0.39 is 0 Å². The summed E-state index contributed by atoms with van der Waals surface area (Å²) < 4.78 is 0. The van der Waals surface area contributed by atoms with E-state index in [0.29, 0.717) is 0 Å². The average molecular weight is 651 g/mol. The van der Waals surface area contributed by atoms with Crippen LogP contribution in [-0.2, 0) is 0 Å². The molecule has 0 aliphatic carbocycles. The Morgan fingerprint density at radius 1 is 0.333 bits per heavy atom. The van der Waals surface area contributed by atoms with Gasteiger partial charge in [-0.05, 0) is 70.8 Å². The SMILES string of the molecule is Cc1c2ccccc2c(N2/C(=C3\Sc4ccccc4N3c3c4ccccc4c(C)c4ccccc34)Sc3ccccc32)c2ccccc12. The third-order valence-electron chi connectivity index (χ3n) is 10.0. The van der Waals surface area contributed by atoms with Gasteiger partial charge < -0.3 is 0 Å². The number of aryl methyl sites for hydroxylation is 2. The number of hydrogen-bond donors (Lipinski definition) is 0. The van der Waals surface area contributed by atoms with Crippen LogP contribution in [-0.4, -0.2) is 0 Å². The van der Waals surface area contributed by atoms with E-state index in [4.69, 9.17) is 0 Å². The molecule has 0 saturated heterocycles. The first kappa shape index (κ1) is 27.9. The van der Waals surface area contributed by atoms with Gasteiger partial charge in [0.05, 0.1) is 22.7 Å². The molecule has 0 aromatic heterocycles. The third-order valence-corrected chi connectivity index (χ3v) is 12.4. The molecule has 0 spiro atoms. The minimum Gasteiger partial charge on any atom is -0.300 e. The summed E-state index contributed by atoms with van der Waals surface area (Å²) in [6, 6.07) is 53.5. The summed E-state index contributed by atoms with van der Waals surface area (Å²) in [5.41, 5.74) is 7.56. The summed E-state index contributed by atoms with van der Waals surface area (Å²) >= 11 is 3.77. The fourth-order valence-corrected chi connectivity index (χ4v) is 10.2. The summed E-state index contributed by atoms with van der Waals surface area (Å²) in [6.07, 6.45) is 0. The van der Waals surface area contributed by atoms with Crippen LogP contribution in [0.2, 0.25) is 0 Å². The van der Waals surface area contributed by atoms with Gasteiger partial charge in [-0.2, -0.15) is 0 Å². The predicted molar refractivity (Wildman–Crippen MR) is 208 cm³/mol. The minimum atomic E-state index is 1.22. The highest BCUT2D eigenvalue weighted by molar-refractivity contribution is 8.07. The third kappa shape index (κ3) is 3.91. The van der Waals surface area contributed by atoms with E-state index in [-0.39, 0.29) is 0 Å². The summed E-state index contributed by atoms with van der Waals surface area (Å²) in [5, 5.41) is 12.7. The van der Waals surface area contributed by atoms with E-state index in [0.717, 1.165) is 0 Å². The molecule has 0 saturated carbocycles. The van der Waals surface area contributed by atoms with E-state index in [1.54, 1.807) is 0 Å². The Bertz CT molecular complexity index is 2370. The van der Waals surface area contributed by atoms with Crippen molar-refractivity contribution in [3.8, 4) is 0 Å². The first-order chi connectivity index (χ1) is 23.7. The lowest BCUT2D eigenvalue weighted by atomic mass is 9.94. The van der Waals surface area contributed by atoms with Gasteiger partial charge in [-0.25, -0.2) is 0 Å². The van der Waals surface area contributed by atoms with Crippen molar-refractivity contribution in [1.29, 1.82) is 0 Å². The van der Waals surface area contributed by atoms with Crippen LogP contribution in [0.5, 0.6) is 0 Å². The van der Waals surface area contributed by atoms with E-state index in [9.17, 15) is 0 Å². The van der Waals surface area contributed by atoms with Crippen LogP contribution < -0.4 is 9.80 Å². The highest BCUT2D eigenvalue weighted by Crippen LogP contribution is 2.61. The molecule has 8 aromatic carbocycles. The molecule has 228 valence electrons. The van der Waals surface area contributed by atoms with Crippen LogP contribution in [0.25, 0.3) is 43.1 Å². The first-order valence-corrected chi connectivity index (χ1v) is 18.0. The van der Waals surface area contributed by atoms with Crippen molar-refractivity contribution >= 4 is 89.4 Å². The first-order valence-electron chi connectivity index (χ1n) is 16.4. The van der Waals surface area contributed by atoms with Gasteiger partial charge in [0.15, 0.2) is 0 Å². The molecule has 0 N–H and O–H groups in total. The molecule has 48 heavy (non-hydrogen) atoms. The van der Waals surface area contributed by atoms with Gasteiger partial charge in [0.25, 0.3) is 0 Å². The lowest BCUT2D eigenvalue weighted by Crippen LogP contribution is -2.19. The quantitative estimate of drug-likeness (QED) is 0.172. The predicted octanol–water partition coefficient (Wildman–Crippen LogP) is 13.2. The summed E-state index contributed by atoms with van der Waals surface area (Å²) in [6.45, 7) is 4.53. The monoisotopic (exact) mass is 650 g/mol. The van der Waals surface area contributed by atoms with Gasteiger partial charge in [-0.15, -0.1) is 0 Å². The van der Waals surface area contributed by atoms with Gasteiger partial charge in [-0.3, -0.25) is 9.80 Å². The van der Waals surface area contributed by atoms with Crippen molar-refractivity contribution in [2.45, 2.75) is 23.6 Å². The Balaban J connectivity index is 1.35. The maximum Gasteiger partial charge on any atom is 0.116 e. The van der Waals surface area contributed by atoms with E-state index >= 15 is 0 Å². The second-order valence-corrected chi connectivity index (χ2v) is 14.6. The Kier molecular flexibility index (Phi) is 6.21. The molecule has 0 amide bonds. The summed E-state index contributed by atoms with van der Waals surface area (Å²) in [7, 11) is 0. The van der Waals surface area contributed by atoms with Crippen LogP contribution in [0, 0.1) is 13.8 Å². The topological polar surface area (TPSA) is 6.48 Å². The van der Waals surface area contributed by atoms with Crippen molar-refractivity contribution in [2.24, 2.45) is 0 Å². The highest BCUT2D eigenvalue weighted by atomic mass is 32.2. The summed E-state index contributed by atoms with van der Waals surface area (Å²) in [4.78, 5) is 7.65. The van der Waals surface area contributed by atoms with Crippen LogP contribution in [0.15, 0.2) is 165 Å². The highest BCUT2D eigenvalue weighted by Gasteiger charge is 2.38. The number of thioether (sulfide) groups is 2. The smallest absolute Gasteiger partial charge is 0.116 e. The van der Waals surface area contributed by atoms with E-state index in [2.05, 4.69) is 169 Å². The largest absolute Gasteiger partial charge is 0.300 e. The van der Waals surface area contributed by atoms with Crippen molar-refractivity contribution in [1.82, 2.24) is 0 Å². The van der Waals surface area contributed by atoms with Crippen molar-refractivity contribution in [2.75, 3.05) is 9.80 Å². The standard InChI is InChI=1S/C44H30N2S2/c1-27-29-15-3-7-19-33(29)41(34-20-8-4-16-30(27)34)45-37-23-11-13-25-39(37)47-43(45)44-46(38-24-12-14-26-40(38)48-44)42-35-21-9-5-17-31(35)28(2)32-18-6-10-22-36(32)42/h3-26H,1-2H3/b44-43+. The Morgan fingerprint density at radius 2 is 0.604 bits per heavy atom. The number of anilines is 4. The van der Waals surface area contributed by atoms with Crippen LogP contribution >= 0.6 is 23.5 Å². The molecule has 0 radical (unpaired) electrons. The van der Waals surface area contributed by atoms with Crippen molar-refractivity contribution < 1.29 is 0 Å². The zero-order valence-electron chi connectivity index (χ0n) is 26.6. The lowest BCUT2D eigenvalue weighted by Gasteiger charge is -2.30. The molecule has 2 nitrogen and oxygen atoms in total. The van der Waals surface area contributed by atoms with Crippen LogP contribution in [0.1, 0.15) is 11.1 Å². The van der Waals surface area contributed by atoms with Crippen molar-refractivity contribution in [3.63, 3.8) is 0 Å². The van der Waals surface area contributed by atoms with Gasteiger partial charge >= 0.3 is 0 Å². The second-order valence-electron chi connectivity index (χ2n) is 12.6. The van der Waals surface area contributed by atoms with Gasteiger partial charge in [-0.1, -0.05) is 145 Å². The lowest BCUT2D eigenvalue weighted by molar-refractivity contribution is 1.21. The molecule has 4 heteroatoms. The molecule has 0 unspecified atom stereocenters. The molecule has 0 bridgehead atoms. The van der Waals surface area contributed by atoms with E-state index in [1.165, 1.54) is 96.8 Å². The van der Waals surface area contributed by atoms with Gasteiger partial charge in [0, 0.05) is 31.3 Å². The zero-order valence-corrected chi connectivity index (χ0v) is 28.2. The molecular formula is C44H30N2S2. The number of rotatable bonds is 2. The molecule has 2 aliphatic heterocycles. The van der Waals surface area contributed by atoms with Crippen molar-refractivity contribution in [3.05, 3.63) is 167 Å². The normalized spacial score (nSPS) is 15.6. The number of para-hydroxylation sites is 2. The molecule has 2 aliphatic rings. The fourth-order valence-electron chi connectivity index (χ4n) is 7.83. The Labute approximate surface area is 288 Å². The minimum absolute atomic E-state index is 1.22. The Morgan fingerprint density at radius 3 is 0.938 bits per heavy atom. The maximum atomic E-state index is 2.56. The molecule has 10 rings (SSSR count). The molecule has 2 heterocycles. The molecule has 8 aromatic rings. The molecule has 0 fully saturated rings. The second kappa shape index (κ2) is 10.7. The van der Waals surface area contributed by atoms with Crippen LogP contribution in [0.3, 0.4) is 0 Å². The average Bonchev–Trinajstić information content (AvgIpc) is 3.71. The van der Waals surface area contributed by atoms with E-state index in [1.807, 2.05) is 23.5 Å². The number of nitrogens with zero attached hydrogens (tertiary/aromatic N) is 2. The van der Waals surface area contributed by atoms with Gasteiger partial charge in [0.1, 0.15) is 10.1 Å². The number of benzene rings is 8. The van der Waals surface area contributed by atoms with Crippen LogP contribution in [0.4, 0.5) is 22.7 Å². The maximum absolute atomic E-state index is 2.56. The summed E-state index contributed by atoms with van der Waals surface area (Å²) in [5.74, 6) is 0. The zero-order chi connectivity index (χ0) is 31.9. The molecular weight excluding hydrogens is 621 g/mol. The number of fused-ring (bicyclic) bond motifs is 6.